The summed E-state index contributed by atoms with van der Waals surface area (Å²) in [6, 6.07) is 21.5. The van der Waals surface area contributed by atoms with Crippen LogP contribution < -0.4 is 14.2 Å². The van der Waals surface area contributed by atoms with E-state index in [0.29, 0.717) is 29.6 Å². The number of nitrogens with zero attached hydrogens (tertiary/aromatic N) is 1. The van der Waals surface area contributed by atoms with Crippen LogP contribution in [0.1, 0.15) is 42.2 Å². The smallest absolute Gasteiger partial charge is 0.161 e. The third-order valence-electron chi connectivity index (χ3n) is 5.81. The van der Waals surface area contributed by atoms with Gasteiger partial charge in [0, 0.05) is 24.2 Å². The largest absolute Gasteiger partial charge is 0.497 e. The molecule has 0 aromatic heterocycles. The van der Waals surface area contributed by atoms with Gasteiger partial charge in [-0.1, -0.05) is 48.9 Å². The summed E-state index contributed by atoms with van der Waals surface area (Å²) < 4.78 is 16.3. The normalized spacial score (nSPS) is 12.9. The maximum atomic E-state index is 11.1. The molecule has 3 aromatic carbocycles. The van der Waals surface area contributed by atoms with Crippen molar-refractivity contribution >= 4 is 11.6 Å². The molecule has 0 radical (unpaired) electrons. The highest BCUT2D eigenvalue weighted by Crippen LogP contribution is 2.35. The number of rotatable bonds is 11. The molecule has 3 rings (SSSR count). The van der Waals surface area contributed by atoms with Gasteiger partial charge in [-0.15, -0.1) is 0 Å². The lowest BCUT2D eigenvalue weighted by molar-refractivity contribution is 0.0791. The number of ether oxygens (including phenoxy) is 3. The molecule has 0 aliphatic rings. The third kappa shape index (κ3) is 6.41. The average molecular weight is 470 g/mol. The lowest BCUT2D eigenvalue weighted by atomic mass is 9.99. The van der Waals surface area contributed by atoms with Crippen LogP contribution in [0.5, 0.6) is 17.2 Å². The molecule has 1 unspecified atom stereocenters. The van der Waals surface area contributed by atoms with E-state index in [1.54, 1.807) is 21.3 Å². The van der Waals surface area contributed by atoms with Crippen LogP contribution in [0.3, 0.4) is 0 Å². The van der Waals surface area contributed by atoms with Crippen molar-refractivity contribution in [3.63, 3.8) is 0 Å². The summed E-state index contributed by atoms with van der Waals surface area (Å²) in [5, 5.41) is 11.7. The Balaban J connectivity index is 1.94. The van der Waals surface area contributed by atoms with E-state index in [0.717, 1.165) is 28.9 Å². The molecule has 0 bridgehead atoms. The van der Waals surface area contributed by atoms with Crippen molar-refractivity contribution < 1.29 is 19.3 Å². The fourth-order valence-electron chi connectivity index (χ4n) is 4.07. The van der Waals surface area contributed by atoms with Gasteiger partial charge in [-0.2, -0.15) is 0 Å². The minimum atomic E-state index is -0.684. The predicted octanol–water partition coefficient (Wildman–Crippen LogP) is 6.05. The van der Waals surface area contributed by atoms with Crippen molar-refractivity contribution in [3.05, 3.63) is 88.4 Å². The zero-order valence-electron chi connectivity index (χ0n) is 19.6. The van der Waals surface area contributed by atoms with Crippen LogP contribution >= 0.6 is 11.6 Å². The van der Waals surface area contributed by atoms with E-state index < -0.39 is 6.10 Å². The topological polar surface area (TPSA) is 51.2 Å². The molecule has 0 aliphatic carbocycles. The molecule has 0 fully saturated rings. The number of hydrogen-bond donors (Lipinski definition) is 1. The summed E-state index contributed by atoms with van der Waals surface area (Å²) in [7, 11) is 4.93. The second-order valence-corrected chi connectivity index (χ2v) is 8.32. The molecule has 6 heteroatoms. The Kier molecular flexibility index (Phi) is 9.01. The van der Waals surface area contributed by atoms with Gasteiger partial charge in [0.05, 0.1) is 27.4 Å². The van der Waals surface area contributed by atoms with Gasteiger partial charge in [-0.25, -0.2) is 0 Å². The Labute approximate surface area is 201 Å². The first-order chi connectivity index (χ1) is 16.0. The first-order valence-corrected chi connectivity index (χ1v) is 11.4. The zero-order valence-corrected chi connectivity index (χ0v) is 20.4. The molecule has 0 saturated carbocycles. The summed E-state index contributed by atoms with van der Waals surface area (Å²) in [5.74, 6) is 2.20. The molecule has 0 aliphatic heterocycles. The minimum Gasteiger partial charge on any atom is -0.497 e. The van der Waals surface area contributed by atoms with Crippen LogP contribution in [0.2, 0.25) is 5.02 Å². The van der Waals surface area contributed by atoms with Crippen LogP contribution in [0.25, 0.3) is 0 Å². The molecule has 0 amide bonds. The lowest BCUT2D eigenvalue weighted by Gasteiger charge is -2.33. The van der Waals surface area contributed by atoms with Crippen molar-refractivity contribution in [2.45, 2.75) is 32.0 Å². The highest BCUT2D eigenvalue weighted by molar-refractivity contribution is 6.30. The Bertz CT molecular complexity index is 1020. The van der Waals surface area contributed by atoms with Gasteiger partial charge in [0.25, 0.3) is 0 Å². The fourth-order valence-corrected chi connectivity index (χ4v) is 4.27. The maximum absolute atomic E-state index is 11.1. The van der Waals surface area contributed by atoms with E-state index in [-0.39, 0.29) is 6.04 Å². The molecule has 5 nitrogen and oxygen atoms in total. The Morgan fingerprint density at radius 2 is 1.58 bits per heavy atom. The van der Waals surface area contributed by atoms with Gasteiger partial charge in [0.15, 0.2) is 11.5 Å². The number of methoxy groups -OCH3 is 3. The molecular formula is C27H32ClNO4. The quantitative estimate of drug-likeness (QED) is 0.370. The summed E-state index contributed by atoms with van der Waals surface area (Å²) >= 11 is 6.17. The highest BCUT2D eigenvalue weighted by atomic mass is 35.5. The molecular weight excluding hydrogens is 438 g/mol. The number of halogens is 1. The molecule has 0 heterocycles. The van der Waals surface area contributed by atoms with Crippen molar-refractivity contribution in [1.82, 2.24) is 4.90 Å². The third-order valence-corrected chi connectivity index (χ3v) is 6.04. The van der Waals surface area contributed by atoms with Gasteiger partial charge in [0.2, 0.25) is 0 Å². The molecule has 3 aromatic rings. The average Bonchev–Trinajstić information content (AvgIpc) is 2.84. The first-order valence-electron chi connectivity index (χ1n) is 11.0. The molecule has 2 atom stereocenters. The fraction of sp³-hybridized carbons (Fsp3) is 0.333. The second kappa shape index (κ2) is 11.9. The van der Waals surface area contributed by atoms with E-state index >= 15 is 0 Å². The monoisotopic (exact) mass is 469 g/mol. The van der Waals surface area contributed by atoms with Crippen LogP contribution in [-0.4, -0.2) is 37.9 Å². The van der Waals surface area contributed by atoms with Crippen LogP contribution in [0, 0.1) is 0 Å². The molecule has 1 N–H and O–H groups in total. The molecule has 33 heavy (non-hydrogen) atoms. The first kappa shape index (κ1) is 24.9. The molecule has 0 spiro atoms. The van der Waals surface area contributed by atoms with Gasteiger partial charge < -0.3 is 19.3 Å². The highest BCUT2D eigenvalue weighted by Gasteiger charge is 2.24. The molecule has 176 valence electrons. The number of benzene rings is 3. The maximum Gasteiger partial charge on any atom is 0.161 e. The number of aliphatic hydroxyl groups excluding tert-OH is 1. The molecule has 0 saturated heterocycles. The second-order valence-electron chi connectivity index (χ2n) is 7.89. The van der Waals surface area contributed by atoms with Gasteiger partial charge in [0.1, 0.15) is 5.75 Å². The number of hydrogen-bond acceptors (Lipinski definition) is 5. The summed E-state index contributed by atoms with van der Waals surface area (Å²) in [5.41, 5.74) is 3.03. The zero-order chi connectivity index (χ0) is 23.8. The summed E-state index contributed by atoms with van der Waals surface area (Å²) in [6.07, 6.45) is 0.171. The number of aliphatic hydroxyl groups is 1. The van der Waals surface area contributed by atoms with E-state index in [4.69, 9.17) is 25.8 Å². The van der Waals surface area contributed by atoms with Crippen molar-refractivity contribution in [1.29, 1.82) is 0 Å². The van der Waals surface area contributed by atoms with Crippen molar-refractivity contribution in [2.24, 2.45) is 0 Å². The van der Waals surface area contributed by atoms with Crippen LogP contribution in [0.15, 0.2) is 66.7 Å². The van der Waals surface area contributed by atoms with Crippen molar-refractivity contribution in [3.8, 4) is 17.2 Å². The van der Waals surface area contributed by atoms with Gasteiger partial charge in [-0.3, -0.25) is 4.90 Å². The Morgan fingerprint density at radius 1 is 0.848 bits per heavy atom. The Morgan fingerprint density at radius 3 is 2.18 bits per heavy atom. The van der Waals surface area contributed by atoms with E-state index in [9.17, 15) is 5.11 Å². The van der Waals surface area contributed by atoms with Gasteiger partial charge >= 0.3 is 0 Å². The van der Waals surface area contributed by atoms with Crippen molar-refractivity contribution in [2.75, 3.05) is 27.9 Å². The van der Waals surface area contributed by atoms with Crippen LogP contribution in [-0.2, 0) is 6.54 Å². The summed E-state index contributed by atoms with van der Waals surface area (Å²) in [4.78, 5) is 2.29. The van der Waals surface area contributed by atoms with E-state index in [1.165, 1.54) is 0 Å². The lowest BCUT2D eigenvalue weighted by Crippen LogP contribution is -2.32. The SMILES string of the molecule is CC[C@H](c1ccc(OC)c(OC)c1)N(Cc1ccc(OC)cc1)CC(O)c1cccc(Cl)c1. The standard InChI is InChI=1S/C27H32ClNO4/c1-5-24(20-11-14-26(32-3)27(16-20)33-4)29(17-19-9-12-23(31-2)13-10-19)18-25(30)21-7-6-8-22(28)15-21/h6-16,24-25,30H,5,17-18H2,1-4H3/t24-,25?/m1/s1. The summed E-state index contributed by atoms with van der Waals surface area (Å²) in [6.45, 7) is 3.25. The van der Waals surface area contributed by atoms with E-state index in [2.05, 4.69) is 30.0 Å². The van der Waals surface area contributed by atoms with Gasteiger partial charge in [-0.05, 0) is 59.5 Å². The minimum absolute atomic E-state index is 0.0562. The van der Waals surface area contributed by atoms with E-state index in [1.807, 2.05) is 48.5 Å². The predicted molar refractivity (Wildman–Crippen MR) is 132 cm³/mol. The Hall–Kier alpha value is -2.73. The van der Waals surface area contributed by atoms with Crippen LogP contribution in [0.4, 0.5) is 0 Å².